The van der Waals surface area contributed by atoms with Gasteiger partial charge >= 0.3 is 0 Å². The molecule has 1 aromatic heterocycles. The minimum atomic E-state index is -3.76. The number of pyridine rings is 1. The van der Waals surface area contributed by atoms with Gasteiger partial charge in [-0.3, -0.25) is 4.98 Å². The van der Waals surface area contributed by atoms with Gasteiger partial charge in [0.15, 0.2) is 0 Å². The number of halogens is 1. The summed E-state index contributed by atoms with van der Waals surface area (Å²) in [5.41, 5.74) is -0.905. The van der Waals surface area contributed by atoms with E-state index in [0.29, 0.717) is 0 Å². The van der Waals surface area contributed by atoms with E-state index in [0.717, 1.165) is 4.31 Å². The molecule has 7 heteroatoms. The summed E-state index contributed by atoms with van der Waals surface area (Å²) in [6.07, 6.45) is 2.61. The van der Waals surface area contributed by atoms with Crippen LogP contribution in [0.4, 0.5) is 0 Å². The Morgan fingerprint density at radius 2 is 2.12 bits per heavy atom. The van der Waals surface area contributed by atoms with Gasteiger partial charge < -0.3 is 5.11 Å². The molecule has 0 saturated heterocycles. The van der Waals surface area contributed by atoms with E-state index in [1.165, 1.54) is 25.5 Å². The molecule has 0 aliphatic rings. The Kier molecular flexibility index (Phi) is 4.14. The molecule has 0 fully saturated rings. The van der Waals surface area contributed by atoms with Gasteiger partial charge in [-0.05, 0) is 19.9 Å². The van der Waals surface area contributed by atoms with E-state index < -0.39 is 15.6 Å². The Morgan fingerprint density at radius 3 is 2.59 bits per heavy atom. The molecule has 0 atom stereocenters. The highest BCUT2D eigenvalue weighted by atomic mass is 35.5. The van der Waals surface area contributed by atoms with E-state index in [1.54, 1.807) is 13.8 Å². The molecule has 0 radical (unpaired) electrons. The average molecular weight is 279 g/mol. The first-order chi connectivity index (χ1) is 7.73. The van der Waals surface area contributed by atoms with Crippen molar-refractivity contribution < 1.29 is 13.5 Å². The number of rotatable bonds is 4. The van der Waals surface area contributed by atoms with Crippen LogP contribution in [0.15, 0.2) is 23.4 Å². The Labute approximate surface area is 106 Å². The monoisotopic (exact) mass is 278 g/mol. The fourth-order valence-corrected chi connectivity index (χ4v) is 3.03. The minimum Gasteiger partial charge on any atom is -0.394 e. The zero-order valence-corrected chi connectivity index (χ0v) is 11.5. The fourth-order valence-electron chi connectivity index (χ4n) is 1.13. The van der Waals surface area contributed by atoms with Crippen LogP contribution in [0, 0.1) is 0 Å². The molecule has 0 aromatic carbocycles. The van der Waals surface area contributed by atoms with Crippen molar-refractivity contribution in [3.05, 3.63) is 23.5 Å². The van der Waals surface area contributed by atoms with Gasteiger partial charge in [0.25, 0.3) is 0 Å². The summed E-state index contributed by atoms with van der Waals surface area (Å²) in [5.74, 6) is 0. The molecule has 17 heavy (non-hydrogen) atoms. The van der Waals surface area contributed by atoms with E-state index in [9.17, 15) is 13.5 Å². The lowest BCUT2D eigenvalue weighted by Gasteiger charge is -2.32. The molecule has 1 heterocycles. The second kappa shape index (κ2) is 4.89. The summed E-state index contributed by atoms with van der Waals surface area (Å²) in [5, 5.41) is 9.30. The first-order valence-corrected chi connectivity index (χ1v) is 6.74. The third-order valence-electron chi connectivity index (χ3n) is 2.61. The lowest BCUT2D eigenvalue weighted by atomic mass is 10.1. The van der Waals surface area contributed by atoms with Crippen molar-refractivity contribution in [1.29, 1.82) is 0 Å². The van der Waals surface area contributed by atoms with Crippen LogP contribution in [0.5, 0.6) is 0 Å². The maximum atomic E-state index is 12.2. The molecule has 0 amide bonds. The minimum absolute atomic E-state index is 0.0642. The normalized spacial score (nSPS) is 13.1. The summed E-state index contributed by atoms with van der Waals surface area (Å²) in [6, 6.07) is 1.41. The first kappa shape index (κ1) is 14.4. The molecule has 1 aromatic rings. The number of hydrogen-bond donors (Lipinski definition) is 1. The quantitative estimate of drug-likeness (QED) is 0.896. The predicted octanol–water partition coefficient (Wildman–Crippen LogP) is 1.13. The van der Waals surface area contributed by atoms with E-state index in [4.69, 9.17) is 11.6 Å². The van der Waals surface area contributed by atoms with Gasteiger partial charge in [0, 0.05) is 19.4 Å². The molecule has 1 rings (SSSR count). The van der Waals surface area contributed by atoms with Crippen LogP contribution in [0.1, 0.15) is 13.8 Å². The number of nitrogens with zero attached hydrogens (tertiary/aromatic N) is 2. The number of aliphatic hydroxyl groups is 1. The third kappa shape index (κ3) is 2.77. The summed E-state index contributed by atoms with van der Waals surface area (Å²) in [7, 11) is -2.36. The Hall–Kier alpha value is -0.690. The molecule has 0 unspecified atom stereocenters. The van der Waals surface area contributed by atoms with Gasteiger partial charge in [-0.25, -0.2) is 8.42 Å². The SMILES string of the molecule is CN(C(C)(C)CO)S(=O)(=O)c1cnccc1Cl. The van der Waals surface area contributed by atoms with Gasteiger partial charge in [0.05, 0.1) is 17.2 Å². The first-order valence-electron chi connectivity index (χ1n) is 4.93. The Bertz CT molecular complexity index is 502. The Morgan fingerprint density at radius 1 is 1.53 bits per heavy atom. The fraction of sp³-hybridized carbons (Fsp3) is 0.500. The van der Waals surface area contributed by atoms with Gasteiger partial charge in [-0.2, -0.15) is 4.31 Å². The van der Waals surface area contributed by atoms with Crippen LogP contribution in [-0.2, 0) is 10.0 Å². The predicted molar refractivity (Wildman–Crippen MR) is 65.4 cm³/mol. The zero-order valence-electron chi connectivity index (χ0n) is 9.88. The third-order valence-corrected chi connectivity index (χ3v) is 5.15. The molecular weight excluding hydrogens is 264 g/mol. The van der Waals surface area contributed by atoms with Crippen molar-refractivity contribution in [2.45, 2.75) is 24.3 Å². The number of aromatic nitrogens is 1. The summed E-state index contributed by atoms with van der Waals surface area (Å²) < 4.78 is 25.6. The molecule has 0 aliphatic heterocycles. The van der Waals surface area contributed by atoms with Gasteiger partial charge in [0.1, 0.15) is 4.90 Å². The smallest absolute Gasteiger partial charge is 0.246 e. The van der Waals surface area contributed by atoms with Gasteiger partial charge in [-0.1, -0.05) is 11.6 Å². The second-order valence-corrected chi connectivity index (χ2v) is 6.59. The van der Waals surface area contributed by atoms with Crippen molar-refractivity contribution in [1.82, 2.24) is 9.29 Å². The molecule has 0 bridgehead atoms. The lowest BCUT2D eigenvalue weighted by molar-refractivity contribution is 0.138. The molecule has 96 valence electrons. The molecule has 0 aliphatic carbocycles. The van der Waals surface area contributed by atoms with Crippen LogP contribution in [0.3, 0.4) is 0 Å². The van der Waals surface area contributed by atoms with E-state index >= 15 is 0 Å². The van der Waals surface area contributed by atoms with Crippen molar-refractivity contribution in [3.63, 3.8) is 0 Å². The highest BCUT2D eigenvalue weighted by molar-refractivity contribution is 7.89. The van der Waals surface area contributed by atoms with E-state index in [1.807, 2.05) is 0 Å². The number of hydrogen-bond acceptors (Lipinski definition) is 4. The second-order valence-electron chi connectivity index (χ2n) is 4.25. The van der Waals surface area contributed by atoms with E-state index in [2.05, 4.69) is 4.98 Å². The zero-order chi connectivity index (χ0) is 13.3. The van der Waals surface area contributed by atoms with Crippen LogP contribution >= 0.6 is 11.6 Å². The molecular formula is C10H15ClN2O3S. The summed E-state index contributed by atoms with van der Waals surface area (Å²) in [4.78, 5) is 3.69. The highest BCUT2D eigenvalue weighted by Gasteiger charge is 2.34. The van der Waals surface area contributed by atoms with Crippen molar-refractivity contribution >= 4 is 21.6 Å². The summed E-state index contributed by atoms with van der Waals surface area (Å²) in [6.45, 7) is 2.95. The molecule has 0 saturated carbocycles. The van der Waals surface area contributed by atoms with Crippen LogP contribution < -0.4 is 0 Å². The highest BCUT2D eigenvalue weighted by Crippen LogP contribution is 2.26. The van der Waals surface area contributed by atoms with Crippen LogP contribution in [0.25, 0.3) is 0 Å². The maximum Gasteiger partial charge on any atom is 0.246 e. The van der Waals surface area contributed by atoms with Crippen LogP contribution in [-0.4, -0.2) is 42.0 Å². The largest absolute Gasteiger partial charge is 0.394 e. The van der Waals surface area contributed by atoms with Gasteiger partial charge in [-0.15, -0.1) is 0 Å². The van der Waals surface area contributed by atoms with Crippen molar-refractivity contribution in [3.8, 4) is 0 Å². The average Bonchev–Trinajstić information content (AvgIpc) is 2.28. The molecule has 5 nitrogen and oxygen atoms in total. The van der Waals surface area contributed by atoms with E-state index in [-0.39, 0.29) is 16.5 Å². The Balaban J connectivity index is 3.26. The maximum absolute atomic E-state index is 12.2. The standard InChI is InChI=1S/C10H15ClN2O3S/c1-10(2,7-14)13(3)17(15,16)9-6-12-5-4-8(9)11/h4-6,14H,7H2,1-3H3. The van der Waals surface area contributed by atoms with Gasteiger partial charge in [0.2, 0.25) is 10.0 Å². The number of likely N-dealkylation sites (N-methyl/N-ethyl adjacent to an activating group) is 1. The topological polar surface area (TPSA) is 70.5 Å². The lowest BCUT2D eigenvalue weighted by Crippen LogP contribution is -2.47. The van der Waals surface area contributed by atoms with Crippen molar-refractivity contribution in [2.75, 3.05) is 13.7 Å². The summed E-state index contributed by atoms with van der Waals surface area (Å²) >= 11 is 5.84. The van der Waals surface area contributed by atoms with Crippen LogP contribution in [0.2, 0.25) is 5.02 Å². The van der Waals surface area contributed by atoms with Crippen molar-refractivity contribution in [2.24, 2.45) is 0 Å². The molecule has 0 spiro atoms. The molecule has 1 N–H and O–H groups in total. The number of sulfonamides is 1. The number of aliphatic hydroxyl groups excluding tert-OH is 1.